The number of nitrogens with two attached hydrogens (primary N) is 1. The van der Waals surface area contributed by atoms with E-state index in [-0.39, 0.29) is 12.2 Å². The molecule has 0 atom stereocenters. The zero-order valence-corrected chi connectivity index (χ0v) is 10.3. The molecule has 0 bridgehead atoms. The van der Waals surface area contributed by atoms with Gasteiger partial charge in [-0.05, 0) is 18.4 Å². The summed E-state index contributed by atoms with van der Waals surface area (Å²) in [5.41, 5.74) is 5.30. The average molecular weight is 225 g/mol. The Balaban J connectivity index is 5.03. The minimum atomic E-state index is -0.557. The third kappa shape index (κ3) is 4.29. The van der Waals surface area contributed by atoms with Gasteiger partial charge >= 0.3 is 5.97 Å². The van der Waals surface area contributed by atoms with Crippen LogP contribution >= 0.6 is 0 Å². The fourth-order valence-corrected chi connectivity index (χ4v) is 1.11. The van der Waals surface area contributed by atoms with E-state index in [4.69, 9.17) is 10.5 Å². The van der Waals surface area contributed by atoms with Gasteiger partial charge in [0.25, 0.3) is 0 Å². The molecule has 0 heterocycles. The number of primary amides is 1. The predicted molar refractivity (Wildman–Crippen MR) is 62.5 cm³/mol. The summed E-state index contributed by atoms with van der Waals surface area (Å²) in [6.45, 7) is 11.0. The van der Waals surface area contributed by atoms with Crippen molar-refractivity contribution in [1.29, 1.82) is 0 Å². The zero-order valence-electron chi connectivity index (χ0n) is 10.3. The van der Waals surface area contributed by atoms with Crippen molar-refractivity contribution >= 4 is 11.9 Å². The fourth-order valence-electron chi connectivity index (χ4n) is 1.11. The van der Waals surface area contributed by atoms with Crippen LogP contribution in [0.4, 0.5) is 0 Å². The molecule has 0 saturated heterocycles. The van der Waals surface area contributed by atoms with Crippen molar-refractivity contribution in [2.24, 2.45) is 11.1 Å². The van der Waals surface area contributed by atoms with Gasteiger partial charge in [-0.25, -0.2) is 4.79 Å². The minimum absolute atomic E-state index is 0.130. The molecule has 90 valence electrons. The van der Waals surface area contributed by atoms with Crippen molar-refractivity contribution in [2.75, 3.05) is 6.61 Å². The molecule has 0 rings (SSSR count). The molecule has 0 spiro atoms. The number of hydrogen-bond acceptors (Lipinski definition) is 3. The Kier molecular flexibility index (Phi) is 4.95. The number of rotatable bonds is 4. The number of amides is 1. The van der Waals surface area contributed by atoms with Crippen LogP contribution in [0, 0.1) is 5.41 Å². The molecule has 0 aromatic heterocycles. The Bertz CT molecular complexity index is 335. The fraction of sp³-hybridized carbons (Fsp3) is 0.500. The first kappa shape index (κ1) is 14.4. The normalized spacial score (nSPS) is 12.1. The summed E-state index contributed by atoms with van der Waals surface area (Å²) in [7, 11) is 0. The van der Waals surface area contributed by atoms with Crippen molar-refractivity contribution in [2.45, 2.75) is 27.7 Å². The Labute approximate surface area is 96.2 Å². The topological polar surface area (TPSA) is 69.4 Å². The van der Waals surface area contributed by atoms with Gasteiger partial charge in [-0.2, -0.15) is 0 Å². The highest BCUT2D eigenvalue weighted by molar-refractivity contribution is 5.98. The summed E-state index contributed by atoms with van der Waals surface area (Å²) in [6, 6.07) is 0. The number of hydrogen-bond donors (Lipinski definition) is 1. The van der Waals surface area contributed by atoms with E-state index in [0.29, 0.717) is 5.57 Å². The van der Waals surface area contributed by atoms with Crippen LogP contribution in [0.1, 0.15) is 27.7 Å². The van der Waals surface area contributed by atoms with Gasteiger partial charge in [0.1, 0.15) is 0 Å². The smallest absolute Gasteiger partial charge is 0.337 e. The second-order valence-electron chi connectivity index (χ2n) is 4.42. The predicted octanol–water partition coefficient (Wildman–Crippen LogP) is 1.56. The average Bonchev–Trinajstić information content (AvgIpc) is 2.11. The second kappa shape index (κ2) is 5.49. The molecule has 1 amide bonds. The highest BCUT2D eigenvalue weighted by Gasteiger charge is 2.22. The molecule has 2 N–H and O–H groups in total. The number of esters is 1. The third-order valence-corrected chi connectivity index (χ3v) is 1.93. The van der Waals surface area contributed by atoms with Crippen LogP contribution in [0.15, 0.2) is 23.8 Å². The molecule has 0 aliphatic rings. The SMILES string of the molecule is C=C(/C=C(\C(N)=O)C(C)(C)C)C(=O)OCC. The van der Waals surface area contributed by atoms with E-state index >= 15 is 0 Å². The first-order valence-electron chi connectivity index (χ1n) is 5.08. The molecule has 0 saturated carbocycles. The van der Waals surface area contributed by atoms with E-state index in [0.717, 1.165) is 0 Å². The summed E-state index contributed by atoms with van der Waals surface area (Å²) >= 11 is 0. The Morgan fingerprint density at radius 3 is 2.19 bits per heavy atom. The summed E-state index contributed by atoms with van der Waals surface area (Å²) in [5.74, 6) is -1.09. The highest BCUT2D eigenvalue weighted by Crippen LogP contribution is 2.25. The number of carbonyl (C=O) groups is 2. The maximum Gasteiger partial charge on any atom is 0.337 e. The van der Waals surface area contributed by atoms with Crippen molar-refractivity contribution < 1.29 is 14.3 Å². The maximum absolute atomic E-state index is 11.3. The standard InChI is InChI=1S/C12H19NO3/c1-6-16-11(15)8(2)7-9(10(13)14)12(3,4)5/h7H,2,6H2,1,3-5H3,(H2,13,14)/b9-7+. The highest BCUT2D eigenvalue weighted by atomic mass is 16.5. The molecule has 16 heavy (non-hydrogen) atoms. The number of carbonyl (C=O) groups excluding carboxylic acids is 2. The van der Waals surface area contributed by atoms with Gasteiger partial charge in [0.2, 0.25) is 5.91 Å². The van der Waals surface area contributed by atoms with Crippen molar-refractivity contribution in [1.82, 2.24) is 0 Å². The van der Waals surface area contributed by atoms with Crippen LogP contribution in [0.5, 0.6) is 0 Å². The monoisotopic (exact) mass is 225 g/mol. The van der Waals surface area contributed by atoms with Crippen LogP contribution in [-0.2, 0) is 14.3 Å². The largest absolute Gasteiger partial charge is 0.462 e. The second-order valence-corrected chi connectivity index (χ2v) is 4.42. The quantitative estimate of drug-likeness (QED) is 0.448. The van der Waals surface area contributed by atoms with E-state index in [1.165, 1.54) is 6.08 Å². The van der Waals surface area contributed by atoms with E-state index in [1.807, 2.05) is 20.8 Å². The maximum atomic E-state index is 11.3. The Hall–Kier alpha value is -1.58. The summed E-state index contributed by atoms with van der Waals surface area (Å²) in [4.78, 5) is 22.5. The van der Waals surface area contributed by atoms with Crippen molar-refractivity contribution in [3.63, 3.8) is 0 Å². The Morgan fingerprint density at radius 1 is 1.38 bits per heavy atom. The molecule has 0 radical (unpaired) electrons. The van der Waals surface area contributed by atoms with E-state index in [1.54, 1.807) is 6.92 Å². The molecule has 4 nitrogen and oxygen atoms in total. The lowest BCUT2D eigenvalue weighted by molar-refractivity contribution is -0.138. The first-order valence-corrected chi connectivity index (χ1v) is 5.08. The van der Waals surface area contributed by atoms with Gasteiger partial charge < -0.3 is 10.5 Å². The Morgan fingerprint density at radius 2 is 1.88 bits per heavy atom. The van der Waals surface area contributed by atoms with Gasteiger partial charge in [-0.3, -0.25) is 4.79 Å². The lowest BCUT2D eigenvalue weighted by Gasteiger charge is -2.20. The zero-order chi connectivity index (χ0) is 12.9. The minimum Gasteiger partial charge on any atom is -0.462 e. The first-order chi connectivity index (χ1) is 7.20. The summed E-state index contributed by atoms with van der Waals surface area (Å²) in [5, 5.41) is 0. The lowest BCUT2D eigenvalue weighted by atomic mass is 9.85. The molecule has 0 aromatic rings. The molecule has 0 aliphatic heterocycles. The third-order valence-electron chi connectivity index (χ3n) is 1.93. The summed E-state index contributed by atoms with van der Waals surface area (Å²) < 4.78 is 4.76. The van der Waals surface area contributed by atoms with Gasteiger partial charge in [0.15, 0.2) is 0 Å². The lowest BCUT2D eigenvalue weighted by Crippen LogP contribution is -2.25. The molecule has 0 aromatic carbocycles. The summed E-state index contributed by atoms with van der Waals surface area (Å²) in [6.07, 6.45) is 1.39. The molecule has 0 unspecified atom stereocenters. The van der Waals surface area contributed by atoms with Crippen LogP contribution in [0.25, 0.3) is 0 Å². The molecule has 4 heteroatoms. The van der Waals surface area contributed by atoms with Crippen LogP contribution in [0.2, 0.25) is 0 Å². The van der Waals surface area contributed by atoms with E-state index < -0.39 is 17.3 Å². The van der Waals surface area contributed by atoms with E-state index in [9.17, 15) is 9.59 Å². The molecular formula is C12H19NO3. The molecular weight excluding hydrogens is 206 g/mol. The molecule has 0 fully saturated rings. The van der Waals surface area contributed by atoms with Crippen LogP contribution < -0.4 is 5.73 Å². The van der Waals surface area contributed by atoms with Gasteiger partial charge in [0.05, 0.1) is 12.2 Å². The van der Waals surface area contributed by atoms with Gasteiger partial charge in [0, 0.05) is 5.57 Å². The van der Waals surface area contributed by atoms with Crippen molar-refractivity contribution in [3.8, 4) is 0 Å². The van der Waals surface area contributed by atoms with Gasteiger partial charge in [-0.1, -0.05) is 27.4 Å². The van der Waals surface area contributed by atoms with E-state index in [2.05, 4.69) is 6.58 Å². The van der Waals surface area contributed by atoms with Crippen molar-refractivity contribution in [3.05, 3.63) is 23.8 Å². The van der Waals surface area contributed by atoms with Gasteiger partial charge in [-0.15, -0.1) is 0 Å². The van der Waals surface area contributed by atoms with Crippen LogP contribution in [-0.4, -0.2) is 18.5 Å². The number of ether oxygens (including phenoxy) is 1. The van der Waals surface area contributed by atoms with Crippen LogP contribution in [0.3, 0.4) is 0 Å². The molecule has 0 aliphatic carbocycles.